The Morgan fingerprint density at radius 3 is 2.17 bits per heavy atom. The normalized spacial score (nSPS) is 10.4. The molecule has 126 valence electrons. The van der Waals surface area contributed by atoms with E-state index in [2.05, 4.69) is 27.8 Å². The molecule has 0 fully saturated rings. The first-order valence-electron chi connectivity index (χ1n) is 6.64. The molecule has 0 saturated carbocycles. The zero-order chi connectivity index (χ0) is 18.0. The predicted molar refractivity (Wildman–Crippen MR) is 97.4 cm³/mol. The number of hydrogen-bond donors (Lipinski definition) is 6. The third kappa shape index (κ3) is 3.55. The van der Waals surface area contributed by atoms with Crippen LogP contribution in [0, 0.1) is 0 Å². The van der Waals surface area contributed by atoms with Crippen molar-refractivity contribution in [3.8, 4) is 28.7 Å². The maximum Gasteiger partial charge on any atom is 0.200 e. The fourth-order valence-corrected chi connectivity index (χ4v) is 2.72. The molecule has 2 aromatic rings. The number of aromatic hydroxyl groups is 5. The molecule has 0 unspecified atom stereocenters. The Morgan fingerprint density at radius 2 is 1.58 bits per heavy atom. The molecule has 0 radical (unpaired) electrons. The third-order valence-electron chi connectivity index (χ3n) is 3.28. The van der Waals surface area contributed by atoms with Gasteiger partial charge in [-0.1, -0.05) is 18.8 Å². The summed E-state index contributed by atoms with van der Waals surface area (Å²) >= 11 is 8.41. The van der Waals surface area contributed by atoms with E-state index in [9.17, 15) is 25.5 Å². The van der Waals surface area contributed by atoms with Crippen molar-refractivity contribution in [3.05, 3.63) is 46.4 Å². The van der Waals surface area contributed by atoms with Gasteiger partial charge in [-0.15, -0.1) is 0 Å². The standard InChI is InChI=1S/C16H14BrNO5S/c1-7(9-2-3-10(19)15(23)13(9)17)16(24)18-6-8-4-11(20)14(22)12(21)5-8/h2-5,19-23H,1,6H2,(H,18,24). The van der Waals surface area contributed by atoms with Crippen LogP contribution in [0.25, 0.3) is 5.57 Å². The highest BCUT2D eigenvalue weighted by Gasteiger charge is 2.15. The van der Waals surface area contributed by atoms with Crippen molar-refractivity contribution < 1.29 is 25.5 Å². The second-order valence-corrected chi connectivity index (χ2v) is 6.14. The molecule has 0 aliphatic carbocycles. The van der Waals surface area contributed by atoms with Crippen molar-refractivity contribution in [2.45, 2.75) is 6.54 Å². The van der Waals surface area contributed by atoms with E-state index in [0.717, 1.165) is 0 Å². The molecule has 0 aromatic heterocycles. The second-order valence-electron chi connectivity index (χ2n) is 4.94. The Kier molecular flexibility index (Phi) is 5.20. The first kappa shape index (κ1) is 17.9. The van der Waals surface area contributed by atoms with Crippen LogP contribution >= 0.6 is 28.1 Å². The highest BCUT2D eigenvalue weighted by molar-refractivity contribution is 9.10. The first-order chi connectivity index (χ1) is 11.2. The molecule has 0 aliphatic heterocycles. The van der Waals surface area contributed by atoms with Gasteiger partial charge in [0.2, 0.25) is 0 Å². The van der Waals surface area contributed by atoms with Gasteiger partial charge in [0.25, 0.3) is 0 Å². The Bertz CT molecular complexity index is 814. The van der Waals surface area contributed by atoms with Crippen molar-refractivity contribution >= 4 is 38.7 Å². The van der Waals surface area contributed by atoms with Crippen LogP contribution in [0.3, 0.4) is 0 Å². The summed E-state index contributed by atoms with van der Waals surface area (Å²) in [6, 6.07) is 5.44. The van der Waals surface area contributed by atoms with Crippen molar-refractivity contribution in [2.24, 2.45) is 0 Å². The molecule has 0 aliphatic rings. The molecule has 6 N–H and O–H groups in total. The van der Waals surface area contributed by atoms with Gasteiger partial charge in [-0.2, -0.15) is 0 Å². The van der Waals surface area contributed by atoms with E-state index in [1.165, 1.54) is 18.2 Å². The minimum atomic E-state index is -0.589. The largest absolute Gasteiger partial charge is 0.504 e. The number of halogens is 1. The van der Waals surface area contributed by atoms with Crippen LogP contribution in [0.5, 0.6) is 28.7 Å². The molecule has 0 bridgehead atoms. The monoisotopic (exact) mass is 411 g/mol. The molecule has 8 heteroatoms. The number of benzene rings is 2. The first-order valence-corrected chi connectivity index (χ1v) is 7.84. The van der Waals surface area contributed by atoms with Crippen LogP contribution in [0.2, 0.25) is 0 Å². The minimum absolute atomic E-state index is 0.168. The van der Waals surface area contributed by atoms with Crippen molar-refractivity contribution in [1.82, 2.24) is 5.32 Å². The topological polar surface area (TPSA) is 113 Å². The summed E-state index contributed by atoms with van der Waals surface area (Å²) in [4.78, 5) is 0.271. The number of hydrogen-bond acceptors (Lipinski definition) is 6. The summed E-state index contributed by atoms with van der Waals surface area (Å²) in [5.41, 5.74) is 1.39. The average molecular weight is 412 g/mol. The van der Waals surface area contributed by atoms with E-state index in [-0.39, 0.29) is 27.5 Å². The van der Waals surface area contributed by atoms with Crippen LogP contribution in [0.1, 0.15) is 11.1 Å². The SMILES string of the molecule is C=C(C(=S)NCc1cc(O)c(O)c(O)c1)c1ccc(O)c(O)c1Br. The van der Waals surface area contributed by atoms with Gasteiger partial charge in [0.1, 0.15) is 4.99 Å². The lowest BCUT2D eigenvalue weighted by Crippen LogP contribution is -2.21. The lowest BCUT2D eigenvalue weighted by atomic mass is 10.1. The van der Waals surface area contributed by atoms with Crippen LogP contribution < -0.4 is 5.32 Å². The van der Waals surface area contributed by atoms with Gasteiger partial charge in [-0.05, 0) is 45.8 Å². The Morgan fingerprint density at radius 1 is 1.00 bits per heavy atom. The van der Waals surface area contributed by atoms with E-state index in [1.807, 2.05) is 0 Å². The number of nitrogens with one attached hydrogen (secondary N) is 1. The fraction of sp³-hybridized carbons (Fsp3) is 0.0625. The second kappa shape index (κ2) is 6.98. The Labute approximate surface area is 151 Å². The number of phenols is 5. The third-order valence-corrected chi connectivity index (χ3v) is 4.47. The zero-order valence-corrected chi connectivity index (χ0v) is 14.6. The van der Waals surface area contributed by atoms with Crippen molar-refractivity contribution in [2.75, 3.05) is 0 Å². The van der Waals surface area contributed by atoms with E-state index < -0.39 is 17.2 Å². The minimum Gasteiger partial charge on any atom is -0.504 e. The molecule has 6 nitrogen and oxygen atoms in total. The Hall–Kier alpha value is -2.45. The average Bonchev–Trinajstić information content (AvgIpc) is 2.54. The molecule has 24 heavy (non-hydrogen) atoms. The Balaban J connectivity index is 2.13. The van der Waals surface area contributed by atoms with Gasteiger partial charge in [0.05, 0.1) is 4.47 Å². The van der Waals surface area contributed by atoms with Crippen molar-refractivity contribution in [3.63, 3.8) is 0 Å². The maximum atomic E-state index is 9.73. The molecule has 0 heterocycles. The molecule has 0 amide bonds. The molecule has 0 saturated heterocycles. The summed E-state index contributed by atoms with van der Waals surface area (Å²) in [6.45, 7) is 4.02. The van der Waals surface area contributed by atoms with E-state index in [0.29, 0.717) is 16.7 Å². The van der Waals surface area contributed by atoms with Gasteiger partial charge in [0.15, 0.2) is 28.7 Å². The highest BCUT2D eigenvalue weighted by atomic mass is 79.9. The summed E-state index contributed by atoms with van der Waals surface area (Å²) < 4.78 is 0.261. The van der Waals surface area contributed by atoms with E-state index in [1.54, 1.807) is 6.07 Å². The maximum absolute atomic E-state index is 9.73. The van der Waals surface area contributed by atoms with Gasteiger partial charge >= 0.3 is 0 Å². The van der Waals surface area contributed by atoms with Gasteiger partial charge < -0.3 is 30.8 Å². The molecule has 2 rings (SSSR count). The number of rotatable bonds is 4. The lowest BCUT2D eigenvalue weighted by molar-refractivity contribution is 0.367. The quantitative estimate of drug-likeness (QED) is 0.260. The van der Waals surface area contributed by atoms with E-state index >= 15 is 0 Å². The zero-order valence-electron chi connectivity index (χ0n) is 12.2. The lowest BCUT2D eigenvalue weighted by Gasteiger charge is -2.14. The van der Waals surface area contributed by atoms with Gasteiger partial charge in [-0.25, -0.2) is 0 Å². The van der Waals surface area contributed by atoms with Crippen molar-refractivity contribution in [1.29, 1.82) is 0 Å². The molecular weight excluding hydrogens is 398 g/mol. The van der Waals surface area contributed by atoms with E-state index in [4.69, 9.17) is 12.2 Å². The summed E-state index contributed by atoms with van der Waals surface area (Å²) in [6.07, 6.45) is 0. The van der Waals surface area contributed by atoms with Gasteiger partial charge in [0, 0.05) is 17.7 Å². The van der Waals surface area contributed by atoms with Gasteiger partial charge in [-0.3, -0.25) is 0 Å². The summed E-state index contributed by atoms with van der Waals surface area (Å²) in [5, 5.41) is 50.3. The molecule has 0 atom stereocenters. The number of phenolic OH excluding ortho intramolecular Hbond substituents is 5. The van der Waals surface area contributed by atoms with Crippen LogP contribution in [-0.4, -0.2) is 30.5 Å². The van der Waals surface area contributed by atoms with Crippen LogP contribution in [0.15, 0.2) is 35.3 Å². The molecule has 0 spiro atoms. The fourth-order valence-electron chi connectivity index (χ4n) is 1.96. The summed E-state index contributed by atoms with van der Waals surface area (Å²) in [5.74, 6) is -2.06. The predicted octanol–water partition coefficient (Wildman–Crippen LogP) is 3.11. The van der Waals surface area contributed by atoms with Crippen LogP contribution in [0.4, 0.5) is 0 Å². The molecular formula is C16H14BrNO5S. The smallest absolute Gasteiger partial charge is 0.200 e. The van der Waals surface area contributed by atoms with Crippen LogP contribution in [-0.2, 0) is 6.54 Å². The molecule has 2 aromatic carbocycles. The number of thiocarbonyl (C=S) groups is 1. The highest BCUT2D eigenvalue weighted by Crippen LogP contribution is 2.38. The summed E-state index contributed by atoms with van der Waals surface area (Å²) in [7, 11) is 0.